The lowest BCUT2D eigenvalue weighted by Gasteiger charge is -2.17. The number of ketones is 1. The Morgan fingerprint density at radius 1 is 1.25 bits per heavy atom. The summed E-state index contributed by atoms with van der Waals surface area (Å²) in [5.74, 6) is -2.96. The average molecular weight is 258 g/mol. The number of hydrogen-bond acceptors (Lipinski definition) is 4. The van der Waals surface area contributed by atoms with Crippen LogP contribution >= 0.6 is 0 Å². The van der Waals surface area contributed by atoms with Gasteiger partial charge in [0.2, 0.25) is 5.78 Å². The molecule has 0 saturated carbocycles. The lowest BCUT2D eigenvalue weighted by Crippen LogP contribution is -2.41. The molecule has 0 aliphatic carbocycles. The van der Waals surface area contributed by atoms with Gasteiger partial charge in [0.05, 0.1) is 6.61 Å². The second-order valence-electron chi connectivity index (χ2n) is 4.17. The summed E-state index contributed by atoms with van der Waals surface area (Å²) in [6.45, 7) is 5.25. The fourth-order valence-corrected chi connectivity index (χ4v) is 1.84. The predicted molar refractivity (Wildman–Crippen MR) is 54.5 cm³/mol. The molecule has 0 aromatic heterocycles. The first-order chi connectivity index (χ1) is 7.02. The topological polar surface area (TPSA) is 60.4 Å². The van der Waals surface area contributed by atoms with E-state index in [0.29, 0.717) is 0 Å². The van der Waals surface area contributed by atoms with Gasteiger partial charge in [0.15, 0.2) is 0 Å². The number of carbonyl (C=O) groups is 1. The molecule has 0 fully saturated rings. The van der Waals surface area contributed by atoms with Crippen molar-refractivity contribution in [1.82, 2.24) is 0 Å². The Morgan fingerprint density at radius 3 is 2.00 bits per heavy atom. The van der Waals surface area contributed by atoms with Crippen molar-refractivity contribution in [2.24, 2.45) is 11.8 Å². The zero-order valence-electron chi connectivity index (χ0n) is 9.66. The van der Waals surface area contributed by atoms with E-state index in [-0.39, 0.29) is 12.5 Å². The fourth-order valence-electron chi connectivity index (χ4n) is 0.759. The maximum atomic E-state index is 13.2. The number of rotatable bonds is 6. The molecule has 0 aromatic carbocycles. The molecule has 0 spiro atoms. The summed E-state index contributed by atoms with van der Waals surface area (Å²) >= 11 is 0. The second kappa shape index (κ2) is 5.18. The van der Waals surface area contributed by atoms with Gasteiger partial charge in [-0.25, -0.2) is 0 Å². The summed E-state index contributed by atoms with van der Waals surface area (Å²) in [4.78, 5) is 11.0. The zero-order valence-corrected chi connectivity index (χ0v) is 10.5. The third-order valence-corrected chi connectivity index (χ3v) is 2.96. The van der Waals surface area contributed by atoms with Crippen molar-refractivity contribution in [1.29, 1.82) is 0 Å². The Morgan fingerprint density at radius 2 is 1.69 bits per heavy atom. The molecule has 0 unspecified atom stereocenters. The minimum atomic E-state index is -5.18. The number of Topliss-reactive ketones (excluding diaryl/α,β-unsaturated/α-hetero) is 1. The molecular formula is C9H16F2O4S. The Balaban J connectivity index is 4.93. The number of carbonyl (C=O) groups excluding carboxylic acids is 1. The summed E-state index contributed by atoms with van der Waals surface area (Å²) in [5, 5.41) is -4.48. The largest absolute Gasteiger partial charge is 0.427 e. The number of alkyl halides is 2. The van der Waals surface area contributed by atoms with Crippen LogP contribution in [0.2, 0.25) is 0 Å². The van der Waals surface area contributed by atoms with Crippen LogP contribution in [0.15, 0.2) is 0 Å². The van der Waals surface area contributed by atoms with E-state index in [0.717, 1.165) is 0 Å². The van der Waals surface area contributed by atoms with Crippen molar-refractivity contribution in [3.05, 3.63) is 0 Å². The van der Waals surface area contributed by atoms with Gasteiger partial charge in [0, 0.05) is 5.92 Å². The van der Waals surface area contributed by atoms with Gasteiger partial charge in [-0.15, -0.1) is 0 Å². The van der Waals surface area contributed by atoms with Gasteiger partial charge in [-0.1, -0.05) is 27.7 Å². The average Bonchev–Trinajstić information content (AvgIpc) is 2.13. The molecule has 16 heavy (non-hydrogen) atoms. The molecule has 0 aliphatic heterocycles. The van der Waals surface area contributed by atoms with Crippen molar-refractivity contribution in [3.63, 3.8) is 0 Å². The van der Waals surface area contributed by atoms with Gasteiger partial charge >= 0.3 is 15.4 Å². The van der Waals surface area contributed by atoms with Crippen LogP contribution in [0.25, 0.3) is 0 Å². The molecule has 0 aromatic rings. The second-order valence-corrected chi connectivity index (χ2v) is 5.82. The molecule has 0 rings (SSSR count). The summed E-state index contributed by atoms with van der Waals surface area (Å²) in [6.07, 6.45) is 0. The maximum Gasteiger partial charge on any atom is 0.427 e. The van der Waals surface area contributed by atoms with Crippen molar-refractivity contribution < 1.29 is 26.2 Å². The molecule has 0 atom stereocenters. The maximum absolute atomic E-state index is 13.2. The molecule has 96 valence electrons. The lowest BCUT2D eigenvalue weighted by atomic mass is 10.1. The minimum absolute atomic E-state index is 0.222. The molecule has 0 radical (unpaired) electrons. The van der Waals surface area contributed by atoms with Gasteiger partial charge in [0.1, 0.15) is 0 Å². The van der Waals surface area contributed by atoms with Crippen LogP contribution in [0.1, 0.15) is 27.7 Å². The van der Waals surface area contributed by atoms with Crippen molar-refractivity contribution >= 4 is 15.9 Å². The Hall–Kier alpha value is -0.560. The Kier molecular flexibility index (Phi) is 5.00. The summed E-state index contributed by atoms with van der Waals surface area (Å²) in [7, 11) is -5.18. The Labute approximate surface area is 94.1 Å². The van der Waals surface area contributed by atoms with Crippen LogP contribution in [0.3, 0.4) is 0 Å². The van der Waals surface area contributed by atoms with Crippen LogP contribution in [-0.2, 0) is 19.1 Å². The molecule has 0 N–H and O–H groups in total. The van der Waals surface area contributed by atoms with Crippen LogP contribution < -0.4 is 0 Å². The lowest BCUT2D eigenvalue weighted by molar-refractivity contribution is -0.137. The third kappa shape index (κ3) is 3.48. The van der Waals surface area contributed by atoms with E-state index in [2.05, 4.69) is 4.18 Å². The van der Waals surface area contributed by atoms with Crippen LogP contribution in [-0.4, -0.2) is 26.1 Å². The molecule has 7 heteroatoms. The van der Waals surface area contributed by atoms with Gasteiger partial charge < -0.3 is 0 Å². The number of hydrogen-bond donors (Lipinski definition) is 0. The summed E-state index contributed by atoms with van der Waals surface area (Å²) in [5.41, 5.74) is 0. The van der Waals surface area contributed by atoms with Crippen LogP contribution in [0.4, 0.5) is 8.78 Å². The standard InChI is InChI=1S/C9H16F2O4S/c1-6(2)5-15-16(13,14)9(10,11)8(12)7(3)4/h6-7H,5H2,1-4H3. The first-order valence-electron chi connectivity index (χ1n) is 4.83. The monoisotopic (exact) mass is 258 g/mol. The molecule has 0 bridgehead atoms. The highest BCUT2D eigenvalue weighted by molar-refractivity contribution is 7.88. The molecule has 4 nitrogen and oxygen atoms in total. The molecule has 0 heterocycles. The first kappa shape index (κ1) is 15.4. The van der Waals surface area contributed by atoms with E-state index >= 15 is 0 Å². The molecule has 0 amide bonds. The van der Waals surface area contributed by atoms with Gasteiger partial charge in [-0.05, 0) is 5.92 Å². The third-order valence-electron chi connectivity index (χ3n) is 1.68. The van der Waals surface area contributed by atoms with Crippen molar-refractivity contribution in [2.45, 2.75) is 32.9 Å². The predicted octanol–water partition coefficient (Wildman–Crippen LogP) is 1.81. The first-order valence-corrected chi connectivity index (χ1v) is 6.24. The van der Waals surface area contributed by atoms with Crippen molar-refractivity contribution in [3.8, 4) is 0 Å². The van der Waals surface area contributed by atoms with Gasteiger partial charge in [-0.3, -0.25) is 8.98 Å². The quantitative estimate of drug-likeness (QED) is 0.682. The van der Waals surface area contributed by atoms with Gasteiger partial charge in [0.25, 0.3) is 0 Å². The normalized spacial score (nSPS) is 13.5. The van der Waals surface area contributed by atoms with E-state index in [1.807, 2.05) is 0 Å². The highest BCUT2D eigenvalue weighted by atomic mass is 32.2. The van der Waals surface area contributed by atoms with Crippen LogP contribution in [0.5, 0.6) is 0 Å². The van der Waals surface area contributed by atoms with Gasteiger partial charge in [-0.2, -0.15) is 17.2 Å². The van der Waals surface area contributed by atoms with E-state index in [1.54, 1.807) is 13.8 Å². The zero-order chi connectivity index (χ0) is 13.1. The van der Waals surface area contributed by atoms with E-state index in [4.69, 9.17) is 0 Å². The minimum Gasteiger partial charge on any atom is -0.291 e. The smallest absolute Gasteiger partial charge is 0.291 e. The molecule has 0 aliphatic rings. The van der Waals surface area contributed by atoms with Crippen LogP contribution in [0, 0.1) is 11.8 Å². The van der Waals surface area contributed by atoms with E-state index in [1.165, 1.54) is 13.8 Å². The van der Waals surface area contributed by atoms with Crippen molar-refractivity contribution in [2.75, 3.05) is 6.61 Å². The summed E-state index contributed by atoms with van der Waals surface area (Å²) in [6, 6.07) is 0. The van der Waals surface area contributed by atoms with E-state index in [9.17, 15) is 22.0 Å². The highest BCUT2D eigenvalue weighted by Crippen LogP contribution is 2.28. The number of halogens is 2. The molecule has 0 saturated heterocycles. The highest BCUT2D eigenvalue weighted by Gasteiger charge is 2.54. The van der Waals surface area contributed by atoms with E-state index < -0.39 is 27.1 Å². The summed E-state index contributed by atoms with van der Waals surface area (Å²) < 4.78 is 52.8. The SMILES string of the molecule is CC(C)COS(=O)(=O)C(F)(F)C(=O)C(C)C. The Bertz CT molecular complexity index is 347. The fraction of sp³-hybridized carbons (Fsp3) is 0.889. The molecular weight excluding hydrogens is 242 g/mol.